The van der Waals surface area contributed by atoms with E-state index in [4.69, 9.17) is 9.47 Å². The van der Waals surface area contributed by atoms with E-state index < -0.39 is 0 Å². The first-order valence-corrected chi connectivity index (χ1v) is 9.70. The number of ketones is 1. The van der Waals surface area contributed by atoms with Crippen molar-refractivity contribution in [3.8, 4) is 5.75 Å². The standard InChI is InChI=1S/C20H25NO3S/c1-16-15-25-20(18(22)8-7-17-5-3-2-4-6-17)19(16)24-14-11-21-9-12-23-13-10-21/h2-6,15H,7-14H2,1H3. The number of aryl methyl sites for hydroxylation is 2. The van der Waals surface area contributed by atoms with Crippen molar-refractivity contribution in [3.05, 3.63) is 51.7 Å². The van der Waals surface area contributed by atoms with E-state index in [1.165, 1.54) is 16.9 Å². The van der Waals surface area contributed by atoms with Crippen LogP contribution in [0.2, 0.25) is 0 Å². The molecular formula is C20H25NO3S. The summed E-state index contributed by atoms with van der Waals surface area (Å²) < 4.78 is 11.4. The Morgan fingerprint density at radius 3 is 2.76 bits per heavy atom. The van der Waals surface area contributed by atoms with Crippen LogP contribution in [0, 0.1) is 6.92 Å². The predicted octanol–water partition coefficient (Wildman–Crippen LogP) is 3.58. The van der Waals surface area contributed by atoms with Crippen LogP contribution in [-0.2, 0) is 11.2 Å². The average molecular weight is 359 g/mol. The van der Waals surface area contributed by atoms with Gasteiger partial charge in [-0.2, -0.15) is 0 Å². The third kappa shape index (κ3) is 5.14. The second-order valence-electron chi connectivity index (χ2n) is 6.29. The van der Waals surface area contributed by atoms with Gasteiger partial charge in [0, 0.05) is 31.6 Å². The Hall–Kier alpha value is -1.69. The minimum absolute atomic E-state index is 0.170. The van der Waals surface area contributed by atoms with Crippen molar-refractivity contribution in [2.45, 2.75) is 19.8 Å². The molecule has 1 saturated heterocycles. The van der Waals surface area contributed by atoms with Gasteiger partial charge in [0.25, 0.3) is 0 Å². The SMILES string of the molecule is Cc1csc(C(=O)CCc2ccccc2)c1OCCN1CCOCC1. The molecule has 0 atom stereocenters. The topological polar surface area (TPSA) is 38.8 Å². The summed E-state index contributed by atoms with van der Waals surface area (Å²) in [5.74, 6) is 0.944. The first kappa shape index (κ1) is 18.1. The first-order valence-electron chi connectivity index (χ1n) is 8.82. The fraction of sp³-hybridized carbons (Fsp3) is 0.450. The second kappa shape index (κ2) is 9.13. The number of hydrogen-bond donors (Lipinski definition) is 0. The van der Waals surface area contributed by atoms with Gasteiger partial charge in [0.15, 0.2) is 5.78 Å². The molecule has 0 radical (unpaired) electrons. The van der Waals surface area contributed by atoms with Crippen LogP contribution in [0.1, 0.15) is 27.2 Å². The van der Waals surface area contributed by atoms with Gasteiger partial charge in [0.1, 0.15) is 17.2 Å². The lowest BCUT2D eigenvalue weighted by Crippen LogP contribution is -2.38. The van der Waals surface area contributed by atoms with Gasteiger partial charge in [-0.05, 0) is 24.3 Å². The molecule has 0 N–H and O–H groups in total. The van der Waals surface area contributed by atoms with Gasteiger partial charge in [0.05, 0.1) is 13.2 Å². The van der Waals surface area contributed by atoms with Crippen molar-refractivity contribution in [2.24, 2.45) is 0 Å². The van der Waals surface area contributed by atoms with E-state index in [0.29, 0.717) is 13.0 Å². The van der Waals surface area contributed by atoms with Gasteiger partial charge in [-0.1, -0.05) is 30.3 Å². The number of Topliss-reactive ketones (excluding diaryl/α,β-unsaturated/α-hetero) is 1. The molecule has 1 aliphatic heterocycles. The molecule has 3 rings (SSSR count). The fourth-order valence-corrected chi connectivity index (χ4v) is 3.88. The van der Waals surface area contributed by atoms with Crippen LogP contribution in [0.3, 0.4) is 0 Å². The molecule has 134 valence electrons. The lowest BCUT2D eigenvalue weighted by Gasteiger charge is -2.26. The van der Waals surface area contributed by atoms with Crippen LogP contribution in [0.25, 0.3) is 0 Å². The number of morpholine rings is 1. The Balaban J connectivity index is 1.53. The molecule has 4 nitrogen and oxygen atoms in total. The number of thiophene rings is 1. The molecule has 0 spiro atoms. The minimum atomic E-state index is 0.170. The Kier molecular flexibility index (Phi) is 6.62. The van der Waals surface area contributed by atoms with Crippen LogP contribution in [0.5, 0.6) is 5.75 Å². The number of carbonyl (C=O) groups is 1. The molecule has 5 heteroatoms. The van der Waals surface area contributed by atoms with Crippen molar-refractivity contribution >= 4 is 17.1 Å². The number of ether oxygens (including phenoxy) is 2. The molecular weight excluding hydrogens is 334 g/mol. The number of rotatable bonds is 8. The summed E-state index contributed by atoms with van der Waals surface area (Å²) in [6.45, 7) is 6.98. The maximum absolute atomic E-state index is 12.6. The van der Waals surface area contributed by atoms with E-state index in [0.717, 1.165) is 55.5 Å². The molecule has 2 aromatic rings. The van der Waals surface area contributed by atoms with Gasteiger partial charge in [-0.15, -0.1) is 11.3 Å². The number of benzene rings is 1. The Morgan fingerprint density at radius 1 is 1.24 bits per heavy atom. The zero-order valence-corrected chi connectivity index (χ0v) is 15.5. The third-order valence-electron chi connectivity index (χ3n) is 4.41. The zero-order chi connectivity index (χ0) is 17.5. The van der Waals surface area contributed by atoms with Crippen molar-refractivity contribution in [1.82, 2.24) is 4.90 Å². The summed E-state index contributed by atoms with van der Waals surface area (Å²) in [6.07, 6.45) is 1.29. The zero-order valence-electron chi connectivity index (χ0n) is 14.7. The molecule has 1 aliphatic rings. The summed E-state index contributed by atoms with van der Waals surface area (Å²) in [5.41, 5.74) is 2.24. The van der Waals surface area contributed by atoms with E-state index in [-0.39, 0.29) is 5.78 Å². The lowest BCUT2D eigenvalue weighted by molar-refractivity contribution is 0.0322. The predicted molar refractivity (Wildman–Crippen MR) is 101 cm³/mol. The van der Waals surface area contributed by atoms with Crippen LogP contribution >= 0.6 is 11.3 Å². The monoisotopic (exact) mass is 359 g/mol. The summed E-state index contributed by atoms with van der Waals surface area (Å²) in [7, 11) is 0. The van der Waals surface area contributed by atoms with E-state index in [2.05, 4.69) is 17.0 Å². The quantitative estimate of drug-likeness (QED) is 0.675. The maximum Gasteiger partial charge on any atom is 0.176 e. The van der Waals surface area contributed by atoms with E-state index >= 15 is 0 Å². The van der Waals surface area contributed by atoms with Gasteiger partial charge < -0.3 is 9.47 Å². The van der Waals surface area contributed by atoms with Crippen LogP contribution in [0.15, 0.2) is 35.7 Å². The van der Waals surface area contributed by atoms with Crippen molar-refractivity contribution in [2.75, 3.05) is 39.5 Å². The minimum Gasteiger partial charge on any atom is -0.490 e. The summed E-state index contributed by atoms with van der Waals surface area (Å²) >= 11 is 1.50. The highest BCUT2D eigenvalue weighted by molar-refractivity contribution is 7.12. The highest BCUT2D eigenvalue weighted by Gasteiger charge is 2.18. The Bertz CT molecular complexity index is 678. The fourth-order valence-electron chi connectivity index (χ4n) is 2.92. The van der Waals surface area contributed by atoms with Crippen molar-refractivity contribution in [1.29, 1.82) is 0 Å². The summed E-state index contributed by atoms with van der Waals surface area (Å²) in [4.78, 5) is 15.7. The molecule has 1 aromatic heterocycles. The largest absolute Gasteiger partial charge is 0.490 e. The van der Waals surface area contributed by atoms with Gasteiger partial charge in [-0.3, -0.25) is 9.69 Å². The molecule has 1 aromatic carbocycles. The Labute approximate surface area is 153 Å². The van der Waals surface area contributed by atoms with Gasteiger partial charge >= 0.3 is 0 Å². The molecule has 0 unspecified atom stereocenters. The van der Waals surface area contributed by atoms with Crippen LogP contribution < -0.4 is 4.74 Å². The summed E-state index contributed by atoms with van der Waals surface area (Å²) in [6, 6.07) is 10.1. The molecule has 1 fully saturated rings. The van der Waals surface area contributed by atoms with E-state index in [1.54, 1.807) is 0 Å². The van der Waals surface area contributed by atoms with Gasteiger partial charge in [-0.25, -0.2) is 0 Å². The van der Waals surface area contributed by atoms with E-state index in [9.17, 15) is 4.79 Å². The smallest absolute Gasteiger partial charge is 0.176 e. The normalized spacial score (nSPS) is 15.2. The average Bonchev–Trinajstić information content (AvgIpc) is 3.02. The van der Waals surface area contributed by atoms with E-state index in [1.807, 2.05) is 30.5 Å². The molecule has 0 saturated carbocycles. The molecule has 0 aliphatic carbocycles. The number of nitrogens with zero attached hydrogens (tertiary/aromatic N) is 1. The highest BCUT2D eigenvalue weighted by Crippen LogP contribution is 2.31. The molecule has 25 heavy (non-hydrogen) atoms. The molecule has 0 amide bonds. The third-order valence-corrected chi connectivity index (χ3v) is 5.53. The maximum atomic E-state index is 12.6. The van der Waals surface area contributed by atoms with Crippen LogP contribution in [0.4, 0.5) is 0 Å². The second-order valence-corrected chi connectivity index (χ2v) is 7.17. The van der Waals surface area contributed by atoms with Crippen LogP contribution in [-0.4, -0.2) is 50.1 Å². The van der Waals surface area contributed by atoms with Crippen molar-refractivity contribution in [3.63, 3.8) is 0 Å². The summed E-state index contributed by atoms with van der Waals surface area (Å²) in [5, 5.41) is 2.01. The first-order chi connectivity index (χ1) is 12.2. The van der Waals surface area contributed by atoms with Gasteiger partial charge in [0.2, 0.25) is 0 Å². The number of hydrogen-bond acceptors (Lipinski definition) is 5. The molecule has 2 heterocycles. The Morgan fingerprint density at radius 2 is 2.00 bits per heavy atom. The lowest BCUT2D eigenvalue weighted by atomic mass is 10.1. The highest BCUT2D eigenvalue weighted by atomic mass is 32.1. The number of carbonyl (C=O) groups excluding carboxylic acids is 1. The van der Waals surface area contributed by atoms with Crippen molar-refractivity contribution < 1.29 is 14.3 Å². The molecule has 0 bridgehead atoms.